The second-order valence-electron chi connectivity index (χ2n) is 39.0. The SMILES string of the molecule is C=P1(OCC)Oc2cc(-c3cc(C)cc(C)c3)ccc2C1(C)C.CCOP1(=O)Oc2cc(-c3ccc(C(C)(C)C)cc3)ccc2C1(C)C.CCOP1(=O)Oc2cc(-c3ccc(C)cc3)ccc2C1(C)C.CCOP1(=O)Oc2cc(-c3ccc(C)cc3)ccc2C1(C)C.CCOP1(=O)Oc2cc(-c3ccc(Cl)cc3)ccc2C1(C)C.CCOP1(=O)Oc2cc(-c3cccc(OC)c3)ccc2C1(C)C. The Kier molecular flexibility index (Phi) is 31.3. The lowest BCUT2D eigenvalue weighted by Crippen LogP contribution is -2.16. The number of benzene rings is 12. The summed E-state index contributed by atoms with van der Waals surface area (Å²) in [5.41, 5.74) is 25.3. The molecule has 18 rings (SSSR count). The Hall–Kier alpha value is -9.26. The van der Waals surface area contributed by atoms with Crippen molar-refractivity contribution >= 4 is 63.2 Å². The third-order valence-corrected chi connectivity index (χ3v) is 42.9. The number of hydrogen-bond acceptors (Lipinski definition) is 18. The zero-order chi connectivity index (χ0) is 99.8. The van der Waals surface area contributed by atoms with Gasteiger partial charge in [-0.2, -0.15) is 0 Å². The quantitative estimate of drug-likeness (QED) is 0.0690. The van der Waals surface area contributed by atoms with Crippen LogP contribution in [0.15, 0.2) is 249 Å². The number of hydrogen-bond donors (Lipinski definition) is 0. The van der Waals surface area contributed by atoms with Crippen LogP contribution in [0.3, 0.4) is 0 Å². The topological polar surface area (TPSA) is 205 Å². The number of ether oxygens (including phenoxy) is 1. The van der Waals surface area contributed by atoms with Crippen LogP contribution in [-0.2, 0) is 86.3 Å². The fourth-order valence-corrected chi connectivity index (χ4v) is 28.9. The Balaban J connectivity index is 0.000000139. The summed E-state index contributed by atoms with van der Waals surface area (Å²) in [6.07, 6.45) is 4.32. The van der Waals surface area contributed by atoms with Gasteiger partial charge in [0.25, 0.3) is 0 Å². The molecule has 12 aromatic rings. The van der Waals surface area contributed by atoms with E-state index in [2.05, 4.69) is 196 Å². The molecular formula is C112H133ClO18P6. The molecule has 0 N–H and O–H groups in total. The molecule has 0 amide bonds. The molecule has 0 saturated heterocycles. The average Bonchev–Trinajstić information content (AvgIpc) is 1.61. The molecule has 12 aromatic carbocycles. The van der Waals surface area contributed by atoms with Crippen molar-refractivity contribution in [2.24, 2.45) is 0 Å². The van der Waals surface area contributed by atoms with Crippen LogP contribution in [0.5, 0.6) is 40.2 Å². The van der Waals surface area contributed by atoms with Gasteiger partial charge < -0.3 is 36.4 Å². The molecule has 0 saturated carbocycles. The van der Waals surface area contributed by atoms with E-state index in [1.165, 1.54) is 44.5 Å². The van der Waals surface area contributed by atoms with Crippen LogP contribution in [0.2, 0.25) is 5.02 Å². The van der Waals surface area contributed by atoms with Crippen molar-refractivity contribution in [3.05, 3.63) is 315 Å². The maximum absolute atomic E-state index is 13.1. The highest BCUT2D eigenvalue weighted by atomic mass is 35.5. The molecular weight excluding hydrogens is 1850 g/mol. The largest absolute Gasteiger partial charge is 0.497 e. The van der Waals surface area contributed by atoms with E-state index in [0.29, 0.717) is 73.4 Å². The first-order valence-electron chi connectivity index (χ1n) is 46.8. The lowest BCUT2D eigenvalue weighted by Gasteiger charge is -2.30. The molecule has 726 valence electrons. The van der Waals surface area contributed by atoms with Crippen molar-refractivity contribution in [3.8, 4) is 107 Å². The molecule has 25 heteroatoms. The summed E-state index contributed by atoms with van der Waals surface area (Å²) >= 11 is 5.92. The molecule has 18 nitrogen and oxygen atoms in total. The van der Waals surface area contributed by atoms with E-state index in [1.807, 2.05) is 232 Å². The Morgan fingerprint density at radius 3 is 0.796 bits per heavy atom. The van der Waals surface area contributed by atoms with E-state index in [4.69, 9.17) is 70.6 Å². The smallest absolute Gasteiger partial charge is 0.389 e. The molecule has 0 aromatic heterocycles. The van der Waals surface area contributed by atoms with E-state index in [9.17, 15) is 22.8 Å². The first kappa shape index (κ1) is 105. The van der Waals surface area contributed by atoms with Crippen molar-refractivity contribution in [1.29, 1.82) is 0 Å². The normalized spacial score (nSPS) is 21.9. The maximum atomic E-state index is 13.1. The molecule has 6 aliphatic heterocycles. The summed E-state index contributed by atoms with van der Waals surface area (Å²) in [5, 5.41) is -2.65. The highest BCUT2D eigenvalue weighted by molar-refractivity contribution is 7.66. The van der Waals surface area contributed by atoms with Crippen molar-refractivity contribution < 1.29 is 81.8 Å². The lowest BCUT2D eigenvalue weighted by molar-refractivity contribution is 0.269. The van der Waals surface area contributed by atoms with Crippen LogP contribution >= 0.6 is 56.9 Å². The van der Waals surface area contributed by atoms with Gasteiger partial charge in [-0.05, 0) is 297 Å². The van der Waals surface area contributed by atoms with Gasteiger partial charge in [0.05, 0.1) is 51.9 Å². The van der Waals surface area contributed by atoms with Gasteiger partial charge in [0.15, 0.2) is 7.34 Å². The second kappa shape index (κ2) is 40.8. The van der Waals surface area contributed by atoms with Gasteiger partial charge in [-0.15, -0.1) is 0 Å². The van der Waals surface area contributed by atoms with Crippen LogP contribution in [0.4, 0.5) is 0 Å². The van der Waals surface area contributed by atoms with Crippen LogP contribution in [-0.4, -0.2) is 53.1 Å². The summed E-state index contributed by atoms with van der Waals surface area (Å²) in [5.74, 6) is 4.98. The number of fused-ring (bicyclic) bond motifs is 6. The van der Waals surface area contributed by atoms with Gasteiger partial charge >= 0.3 is 38.0 Å². The molecule has 137 heavy (non-hydrogen) atoms. The molecule has 0 spiro atoms. The average molecular weight is 1990 g/mol. The zero-order valence-electron chi connectivity index (χ0n) is 84.0. The summed E-state index contributed by atoms with van der Waals surface area (Å²) in [7, 11) is -16.5. The summed E-state index contributed by atoms with van der Waals surface area (Å²) < 4.78 is 139. The predicted octanol–water partition coefficient (Wildman–Crippen LogP) is 34.5. The van der Waals surface area contributed by atoms with Gasteiger partial charge in [-0.3, -0.25) is 22.6 Å². The molecule has 6 unspecified atom stereocenters. The first-order valence-corrected chi connectivity index (χ1v) is 56.7. The zero-order valence-corrected chi connectivity index (χ0v) is 90.2. The number of rotatable bonds is 19. The lowest BCUT2D eigenvalue weighted by atomic mass is 9.86. The van der Waals surface area contributed by atoms with Gasteiger partial charge in [0.2, 0.25) is 0 Å². The first-order chi connectivity index (χ1) is 64.4. The molecule has 6 atom stereocenters. The fraction of sp³-hybridized carbons (Fsp3) is 0.348. The van der Waals surface area contributed by atoms with Gasteiger partial charge in [-0.1, -0.05) is 243 Å². The van der Waals surface area contributed by atoms with Crippen molar-refractivity contribution in [2.45, 2.75) is 209 Å². The van der Waals surface area contributed by atoms with E-state index < -0.39 is 71.1 Å². The van der Waals surface area contributed by atoms with Crippen LogP contribution < -0.4 is 31.9 Å². The molecule has 0 fully saturated rings. The Morgan fingerprint density at radius 2 is 0.518 bits per heavy atom. The Bertz CT molecular complexity index is 6420. The van der Waals surface area contributed by atoms with E-state index >= 15 is 0 Å². The van der Waals surface area contributed by atoms with E-state index in [0.717, 1.165) is 95.0 Å². The number of methoxy groups -OCH3 is 1. The minimum atomic E-state index is -3.21. The van der Waals surface area contributed by atoms with Crippen molar-refractivity contribution in [3.63, 3.8) is 0 Å². The van der Waals surface area contributed by atoms with Gasteiger partial charge in [0, 0.05) is 38.4 Å². The minimum absolute atomic E-state index is 0.133. The molecule has 0 radical (unpaired) electrons. The van der Waals surface area contributed by atoms with E-state index in [1.54, 1.807) is 7.11 Å². The fourth-order valence-electron chi connectivity index (χ4n) is 17.5. The summed E-state index contributed by atoms with van der Waals surface area (Å²) in [6, 6.07) is 83.7. The number of halogens is 1. The highest BCUT2D eigenvalue weighted by Crippen LogP contribution is 2.76. The summed E-state index contributed by atoms with van der Waals surface area (Å²) in [6.45, 7) is 52.1. The van der Waals surface area contributed by atoms with Crippen LogP contribution in [0, 0.1) is 27.7 Å². The predicted molar refractivity (Wildman–Crippen MR) is 564 cm³/mol. The maximum Gasteiger partial charge on any atom is 0.389 e. The van der Waals surface area contributed by atoms with Crippen LogP contribution in [0.25, 0.3) is 66.8 Å². The third kappa shape index (κ3) is 21.0. The number of aryl methyl sites for hydroxylation is 4. The molecule has 6 heterocycles. The van der Waals surface area contributed by atoms with Gasteiger partial charge in [-0.25, -0.2) is 22.8 Å². The Labute approximate surface area is 817 Å². The van der Waals surface area contributed by atoms with Crippen LogP contribution in [0.1, 0.15) is 207 Å². The van der Waals surface area contributed by atoms with E-state index in [-0.39, 0.29) is 10.6 Å². The Morgan fingerprint density at radius 1 is 0.277 bits per heavy atom. The van der Waals surface area contributed by atoms with Gasteiger partial charge in [0.1, 0.15) is 66.0 Å². The summed E-state index contributed by atoms with van der Waals surface area (Å²) in [4.78, 5) is 0. The highest BCUT2D eigenvalue weighted by Gasteiger charge is 2.58. The molecule has 0 aliphatic carbocycles. The standard InChI is InChI=1S/C21H27O3P.C20H25O2P.C18H21O4P.2C18H21O3P.C17H18ClO3P/c1-7-23-25(22)21(5,6)18-13-10-16(14-19(18)24-25)15-8-11-17(12-9-15)20(2,3)4;1-7-21-23(6)20(4,5)18-9-8-16(13-19(18)22-23)17-11-14(2)10-15(3)12-17;1-5-21-23(19)18(2,3)16-10-9-14(12-17(16)22-23)13-7-6-8-15(11-13)20-4;2*1-5-20-22(19)18(3,4)16-11-10-15(12-17(16)21-22)14-8-6-13(2)7-9-14;1-4-20-22(19)17(2,3)15-10-7-13(11-16(15)21-22)12-5-8-14(18)9-6-12/h8-14H,7H2,1-6H3;8-13H,6-7H2,1-5H3;6-12H,5H2,1-4H3;2*6-12H,5H2,1-4H3;5-11H,4H2,1-3H3. The second-order valence-corrected chi connectivity index (χ2v) is 55.1. The molecule has 6 aliphatic rings. The monoisotopic (exact) mass is 1990 g/mol. The molecule has 0 bridgehead atoms. The van der Waals surface area contributed by atoms with Crippen molar-refractivity contribution in [2.75, 3.05) is 46.8 Å². The third-order valence-electron chi connectivity index (χ3n) is 26.3. The minimum Gasteiger partial charge on any atom is -0.497 e. The van der Waals surface area contributed by atoms with Crippen molar-refractivity contribution in [1.82, 2.24) is 0 Å².